The molecule has 1 aromatic carbocycles. The van der Waals surface area contributed by atoms with Crippen LogP contribution >= 0.6 is 0 Å². The summed E-state index contributed by atoms with van der Waals surface area (Å²) in [5.41, 5.74) is 1.18. The molecule has 29 heavy (non-hydrogen) atoms. The van der Waals surface area contributed by atoms with Crippen LogP contribution in [0.15, 0.2) is 29.3 Å². The molecule has 1 saturated carbocycles. The number of amides is 1. The predicted molar refractivity (Wildman–Crippen MR) is 115 cm³/mol. The van der Waals surface area contributed by atoms with E-state index in [-0.39, 0.29) is 29.1 Å². The lowest BCUT2D eigenvalue weighted by Crippen LogP contribution is -2.46. The molecule has 1 saturated heterocycles. The van der Waals surface area contributed by atoms with Crippen LogP contribution in [0.3, 0.4) is 0 Å². The number of halogens is 1. The van der Waals surface area contributed by atoms with Gasteiger partial charge in [-0.25, -0.2) is 4.39 Å². The number of aliphatic imine (C=N–C) groups is 1. The summed E-state index contributed by atoms with van der Waals surface area (Å²) in [6, 6.07) is 7.18. The van der Waals surface area contributed by atoms with Crippen LogP contribution in [0, 0.1) is 11.7 Å². The van der Waals surface area contributed by atoms with Gasteiger partial charge in [0.2, 0.25) is 5.91 Å². The summed E-state index contributed by atoms with van der Waals surface area (Å²) < 4.78 is 13.4. The third-order valence-corrected chi connectivity index (χ3v) is 6.24. The summed E-state index contributed by atoms with van der Waals surface area (Å²) in [7, 11) is 0. The van der Waals surface area contributed by atoms with Crippen LogP contribution in [-0.2, 0) is 10.2 Å². The van der Waals surface area contributed by atoms with E-state index >= 15 is 0 Å². The van der Waals surface area contributed by atoms with E-state index < -0.39 is 0 Å². The number of hydrogen-bond donors (Lipinski definition) is 2. The quantitative estimate of drug-likeness (QED) is 0.566. The Morgan fingerprint density at radius 1 is 1.28 bits per heavy atom. The van der Waals surface area contributed by atoms with E-state index in [2.05, 4.69) is 17.6 Å². The van der Waals surface area contributed by atoms with Gasteiger partial charge in [-0.3, -0.25) is 9.79 Å². The van der Waals surface area contributed by atoms with Crippen molar-refractivity contribution in [2.24, 2.45) is 10.9 Å². The van der Waals surface area contributed by atoms with E-state index in [0.717, 1.165) is 44.9 Å². The van der Waals surface area contributed by atoms with E-state index in [0.29, 0.717) is 6.54 Å². The van der Waals surface area contributed by atoms with E-state index in [1.54, 1.807) is 12.1 Å². The van der Waals surface area contributed by atoms with Gasteiger partial charge in [-0.1, -0.05) is 38.8 Å². The van der Waals surface area contributed by atoms with Crippen LogP contribution in [-0.4, -0.2) is 49.0 Å². The molecule has 1 unspecified atom stereocenters. The van der Waals surface area contributed by atoms with E-state index in [4.69, 9.17) is 4.99 Å². The van der Waals surface area contributed by atoms with Gasteiger partial charge in [0.1, 0.15) is 5.82 Å². The highest BCUT2D eigenvalue weighted by Gasteiger charge is 2.36. The second-order valence-electron chi connectivity index (χ2n) is 8.76. The Labute approximate surface area is 174 Å². The third-order valence-electron chi connectivity index (χ3n) is 6.24. The molecule has 3 rings (SSSR count). The van der Waals surface area contributed by atoms with Crippen molar-refractivity contribution in [3.63, 3.8) is 0 Å². The van der Waals surface area contributed by atoms with Crippen molar-refractivity contribution in [3.05, 3.63) is 35.6 Å². The highest BCUT2D eigenvalue weighted by atomic mass is 19.1. The van der Waals surface area contributed by atoms with Gasteiger partial charge in [0.25, 0.3) is 0 Å². The molecular formula is C23H35FN4O. The summed E-state index contributed by atoms with van der Waals surface area (Å²) in [6.07, 6.45) is 5.48. The molecule has 2 N–H and O–H groups in total. The predicted octanol–water partition coefficient (Wildman–Crippen LogP) is 3.45. The molecule has 1 atom stereocenters. The minimum atomic E-state index is -0.192. The number of carbonyl (C=O) groups excluding carboxylic acids is 1. The Morgan fingerprint density at radius 3 is 2.59 bits per heavy atom. The van der Waals surface area contributed by atoms with Gasteiger partial charge in [0.15, 0.2) is 5.96 Å². The minimum Gasteiger partial charge on any atom is -0.357 e. The van der Waals surface area contributed by atoms with Crippen LogP contribution in [0.1, 0.15) is 58.4 Å². The second-order valence-corrected chi connectivity index (χ2v) is 8.76. The lowest BCUT2D eigenvalue weighted by atomic mass is 9.79. The molecular weight excluding hydrogens is 367 g/mol. The fourth-order valence-electron chi connectivity index (χ4n) is 4.58. The van der Waals surface area contributed by atoms with Crippen molar-refractivity contribution in [2.45, 2.75) is 64.3 Å². The molecule has 0 radical (unpaired) electrons. The lowest BCUT2D eigenvalue weighted by Gasteiger charge is -2.28. The maximum atomic E-state index is 13.4. The number of hydrogen-bond acceptors (Lipinski definition) is 2. The highest BCUT2D eigenvalue weighted by molar-refractivity contribution is 5.81. The number of nitrogens with zero attached hydrogens (tertiary/aromatic N) is 2. The van der Waals surface area contributed by atoms with Gasteiger partial charge in [0, 0.05) is 37.0 Å². The molecule has 160 valence electrons. The summed E-state index contributed by atoms with van der Waals surface area (Å²) in [5.74, 6) is 0.873. The van der Waals surface area contributed by atoms with Crippen LogP contribution in [0.4, 0.5) is 4.39 Å². The first-order valence-electron chi connectivity index (χ1n) is 11.0. The summed E-state index contributed by atoms with van der Waals surface area (Å²) in [5, 5.41) is 6.88. The first-order chi connectivity index (χ1) is 13.9. The van der Waals surface area contributed by atoms with Crippen LogP contribution in [0.5, 0.6) is 0 Å². The number of nitrogens with one attached hydrogen (secondary N) is 2. The maximum Gasteiger partial charge on any atom is 0.225 e. The lowest BCUT2D eigenvalue weighted by molar-refractivity contribution is -0.133. The first-order valence-corrected chi connectivity index (χ1v) is 11.0. The Balaban J connectivity index is 1.68. The third kappa shape index (κ3) is 5.28. The van der Waals surface area contributed by atoms with Gasteiger partial charge in [0.05, 0.1) is 6.54 Å². The monoisotopic (exact) mass is 402 g/mol. The Kier molecular flexibility index (Phi) is 7.14. The fraction of sp³-hybridized carbons (Fsp3) is 0.652. The van der Waals surface area contributed by atoms with Crippen molar-refractivity contribution in [1.82, 2.24) is 15.5 Å². The molecule has 1 amide bonds. The zero-order valence-corrected chi connectivity index (χ0v) is 18.0. The number of guanidine groups is 1. The van der Waals surface area contributed by atoms with Crippen LogP contribution in [0.2, 0.25) is 0 Å². The molecule has 1 aliphatic heterocycles. The average molecular weight is 403 g/mol. The molecule has 2 fully saturated rings. The van der Waals surface area contributed by atoms with E-state index in [1.165, 1.54) is 18.4 Å². The van der Waals surface area contributed by atoms with Crippen molar-refractivity contribution in [3.8, 4) is 0 Å². The van der Waals surface area contributed by atoms with Gasteiger partial charge in [-0.15, -0.1) is 0 Å². The molecule has 0 spiro atoms. The largest absolute Gasteiger partial charge is 0.357 e. The van der Waals surface area contributed by atoms with Crippen LogP contribution < -0.4 is 10.6 Å². The molecule has 1 aliphatic carbocycles. The smallest absolute Gasteiger partial charge is 0.225 e. The van der Waals surface area contributed by atoms with Gasteiger partial charge in [-0.2, -0.15) is 0 Å². The van der Waals surface area contributed by atoms with Crippen molar-refractivity contribution in [2.75, 3.05) is 26.2 Å². The highest BCUT2D eigenvalue weighted by Crippen LogP contribution is 2.41. The van der Waals surface area contributed by atoms with Crippen molar-refractivity contribution < 1.29 is 9.18 Å². The SMILES string of the molecule is CCNC(=NCC1(c2ccc(F)cc2)CCCC1)NC1CCN(C(=O)C(C)C)C1. The average Bonchev–Trinajstić information content (AvgIpc) is 3.36. The first kappa shape index (κ1) is 21.6. The summed E-state index contributed by atoms with van der Waals surface area (Å²) in [4.78, 5) is 19.1. The van der Waals surface area contributed by atoms with Gasteiger partial charge >= 0.3 is 0 Å². The van der Waals surface area contributed by atoms with Gasteiger partial charge in [-0.05, 0) is 43.9 Å². The Hall–Kier alpha value is -2.11. The number of likely N-dealkylation sites (tertiary alicyclic amines) is 1. The van der Waals surface area contributed by atoms with E-state index in [9.17, 15) is 9.18 Å². The topological polar surface area (TPSA) is 56.7 Å². The fourth-order valence-corrected chi connectivity index (χ4v) is 4.58. The van der Waals surface area contributed by atoms with E-state index in [1.807, 2.05) is 30.9 Å². The molecule has 2 aliphatic rings. The summed E-state index contributed by atoms with van der Waals surface area (Å²) >= 11 is 0. The standard InChI is InChI=1S/C23H35FN4O/c1-4-25-22(27-20-11-14-28(15-20)21(29)17(2)3)26-16-23(12-5-6-13-23)18-7-9-19(24)10-8-18/h7-10,17,20H,4-6,11-16H2,1-3H3,(H2,25,26,27). The molecule has 5 nitrogen and oxygen atoms in total. The maximum absolute atomic E-state index is 13.4. The van der Waals surface area contributed by atoms with Crippen LogP contribution in [0.25, 0.3) is 0 Å². The number of carbonyl (C=O) groups is 1. The molecule has 1 aromatic rings. The minimum absolute atomic E-state index is 0.00856. The number of rotatable bonds is 6. The molecule has 0 aromatic heterocycles. The van der Waals surface area contributed by atoms with Crippen molar-refractivity contribution >= 4 is 11.9 Å². The zero-order chi connectivity index (χ0) is 20.9. The Morgan fingerprint density at radius 2 is 1.97 bits per heavy atom. The summed E-state index contributed by atoms with van der Waals surface area (Å²) in [6.45, 7) is 8.96. The van der Waals surface area contributed by atoms with Crippen molar-refractivity contribution in [1.29, 1.82) is 0 Å². The molecule has 1 heterocycles. The second kappa shape index (κ2) is 9.59. The molecule has 0 bridgehead atoms. The van der Waals surface area contributed by atoms with Gasteiger partial charge < -0.3 is 15.5 Å². The number of benzene rings is 1. The zero-order valence-electron chi connectivity index (χ0n) is 18.0. The Bertz CT molecular complexity index is 710. The molecule has 6 heteroatoms. The normalized spacial score (nSPS) is 21.6.